The minimum absolute atomic E-state index is 0.0164. The van der Waals surface area contributed by atoms with Crippen molar-refractivity contribution in [1.82, 2.24) is 18.6 Å². The molecule has 0 bridgehead atoms. The number of aromatic nitrogens is 3. The van der Waals surface area contributed by atoms with E-state index in [9.17, 15) is 8.42 Å². The van der Waals surface area contributed by atoms with Crippen molar-refractivity contribution in [2.24, 2.45) is 0 Å². The normalized spacial score (nSPS) is 13.3. The average Bonchev–Trinajstić information content (AvgIpc) is 3.07. The van der Waals surface area contributed by atoms with Gasteiger partial charge in [0.25, 0.3) is 10.0 Å². The van der Waals surface area contributed by atoms with Gasteiger partial charge in [-0.3, -0.25) is 0 Å². The van der Waals surface area contributed by atoms with E-state index < -0.39 is 16.1 Å². The lowest BCUT2D eigenvalue weighted by Crippen LogP contribution is -2.26. The molecule has 0 fully saturated rings. The minimum Gasteiger partial charge on any atom is -0.480 e. The van der Waals surface area contributed by atoms with Crippen LogP contribution >= 0.6 is 11.5 Å². The van der Waals surface area contributed by atoms with Crippen LogP contribution in [0.4, 0.5) is 0 Å². The van der Waals surface area contributed by atoms with Crippen LogP contribution in [-0.2, 0) is 16.6 Å². The molecule has 110 valence electrons. The molecule has 1 atom stereocenters. The molecule has 0 aromatic carbocycles. The summed E-state index contributed by atoms with van der Waals surface area (Å²) in [6.45, 7) is 4.34. The first-order chi connectivity index (χ1) is 9.46. The lowest BCUT2D eigenvalue weighted by Gasteiger charge is -2.10. The maximum atomic E-state index is 12.2. The minimum atomic E-state index is -3.64. The SMILES string of the molecule is CCn1cnc(S(=O)(=O)NC(C)c2cc(OC)ns2)c1. The number of nitrogens with zero attached hydrogens (tertiary/aromatic N) is 3. The number of sulfonamides is 1. The molecule has 9 heteroatoms. The van der Waals surface area contributed by atoms with Gasteiger partial charge in [-0.1, -0.05) is 0 Å². The van der Waals surface area contributed by atoms with Crippen LogP contribution in [-0.4, -0.2) is 29.5 Å². The highest BCUT2D eigenvalue weighted by molar-refractivity contribution is 7.89. The predicted octanol–water partition coefficient (Wildman–Crippen LogP) is 1.41. The van der Waals surface area contributed by atoms with Crippen LogP contribution in [0.3, 0.4) is 0 Å². The van der Waals surface area contributed by atoms with Gasteiger partial charge in [-0.15, -0.1) is 0 Å². The molecule has 2 rings (SSSR count). The average molecular weight is 316 g/mol. The first kappa shape index (κ1) is 14.9. The summed E-state index contributed by atoms with van der Waals surface area (Å²) in [5.41, 5.74) is 0. The third-order valence-electron chi connectivity index (χ3n) is 2.72. The van der Waals surface area contributed by atoms with E-state index in [1.807, 2.05) is 6.92 Å². The third kappa shape index (κ3) is 3.17. The number of methoxy groups -OCH3 is 1. The molecule has 0 saturated heterocycles. The molecule has 0 aliphatic heterocycles. The smallest absolute Gasteiger partial charge is 0.260 e. The second-order valence-corrected chi connectivity index (χ2v) is 6.65. The van der Waals surface area contributed by atoms with Crippen molar-refractivity contribution >= 4 is 21.6 Å². The van der Waals surface area contributed by atoms with Gasteiger partial charge in [0.2, 0.25) is 5.88 Å². The summed E-state index contributed by atoms with van der Waals surface area (Å²) in [4.78, 5) is 4.68. The number of rotatable bonds is 6. The van der Waals surface area contributed by atoms with Crippen molar-refractivity contribution in [2.45, 2.75) is 31.5 Å². The fourth-order valence-electron chi connectivity index (χ4n) is 1.57. The number of hydrogen-bond donors (Lipinski definition) is 1. The zero-order chi connectivity index (χ0) is 14.8. The first-order valence-electron chi connectivity index (χ1n) is 6.01. The van der Waals surface area contributed by atoms with Crippen molar-refractivity contribution in [1.29, 1.82) is 0 Å². The fraction of sp³-hybridized carbons (Fsp3) is 0.455. The molecular formula is C11H16N4O3S2. The van der Waals surface area contributed by atoms with Crippen LogP contribution in [0.15, 0.2) is 23.6 Å². The van der Waals surface area contributed by atoms with Crippen LogP contribution < -0.4 is 9.46 Å². The summed E-state index contributed by atoms with van der Waals surface area (Å²) in [6.07, 6.45) is 3.00. The number of aryl methyl sites for hydroxylation is 1. The first-order valence-corrected chi connectivity index (χ1v) is 8.26. The molecule has 0 radical (unpaired) electrons. The van der Waals surface area contributed by atoms with Gasteiger partial charge >= 0.3 is 0 Å². The van der Waals surface area contributed by atoms with Gasteiger partial charge in [0.05, 0.1) is 19.5 Å². The van der Waals surface area contributed by atoms with Gasteiger partial charge in [0, 0.05) is 23.7 Å². The Balaban J connectivity index is 2.15. The Morgan fingerprint density at radius 2 is 2.30 bits per heavy atom. The van der Waals surface area contributed by atoms with Gasteiger partial charge in [-0.05, 0) is 25.4 Å². The summed E-state index contributed by atoms with van der Waals surface area (Å²) in [5.74, 6) is 0.478. The number of hydrogen-bond acceptors (Lipinski definition) is 6. The van der Waals surface area contributed by atoms with Gasteiger partial charge in [0.1, 0.15) is 0 Å². The van der Waals surface area contributed by atoms with Gasteiger partial charge in [-0.2, -0.15) is 4.37 Å². The number of imidazole rings is 1. The summed E-state index contributed by atoms with van der Waals surface area (Å²) in [5, 5.41) is 0.0164. The van der Waals surface area contributed by atoms with Crippen molar-refractivity contribution < 1.29 is 13.2 Å². The van der Waals surface area contributed by atoms with E-state index in [1.165, 1.54) is 31.2 Å². The highest BCUT2D eigenvalue weighted by atomic mass is 32.2. The summed E-state index contributed by atoms with van der Waals surface area (Å²) < 4.78 is 37.7. The molecule has 20 heavy (non-hydrogen) atoms. The van der Waals surface area contributed by atoms with Crippen LogP contribution in [0.25, 0.3) is 0 Å². The molecule has 2 heterocycles. The summed E-state index contributed by atoms with van der Waals surface area (Å²) in [6, 6.07) is 1.32. The molecule has 0 aliphatic rings. The van der Waals surface area contributed by atoms with Crippen LogP contribution in [0.1, 0.15) is 24.8 Å². The molecule has 7 nitrogen and oxygen atoms in total. The monoisotopic (exact) mass is 316 g/mol. The molecule has 0 aliphatic carbocycles. The standard InChI is InChI=1S/C11H16N4O3S2/c1-4-15-6-11(12-7-15)20(16,17)14-8(2)9-5-10(18-3)13-19-9/h5-8,14H,4H2,1-3H3. The maximum Gasteiger partial charge on any atom is 0.260 e. The quantitative estimate of drug-likeness (QED) is 0.871. The third-order valence-corrected chi connectivity index (χ3v) is 5.10. The molecule has 2 aromatic rings. The van der Waals surface area contributed by atoms with E-state index in [4.69, 9.17) is 4.74 Å². The summed E-state index contributed by atoms with van der Waals surface area (Å²) in [7, 11) is -2.12. The molecule has 0 saturated carbocycles. The van der Waals surface area contributed by atoms with E-state index in [-0.39, 0.29) is 5.03 Å². The van der Waals surface area contributed by atoms with Crippen LogP contribution in [0.5, 0.6) is 5.88 Å². The Bertz CT molecular complexity index is 677. The second kappa shape index (κ2) is 5.90. The van der Waals surface area contributed by atoms with Crippen LogP contribution in [0.2, 0.25) is 0 Å². The topological polar surface area (TPSA) is 86.1 Å². The fourth-order valence-corrected chi connectivity index (χ4v) is 3.52. The van der Waals surface area contributed by atoms with Gasteiger partial charge in [-0.25, -0.2) is 18.1 Å². The second-order valence-electron chi connectivity index (χ2n) is 4.16. The Morgan fingerprint density at radius 1 is 1.55 bits per heavy atom. The van der Waals surface area contributed by atoms with E-state index in [0.29, 0.717) is 12.4 Å². The van der Waals surface area contributed by atoms with E-state index in [2.05, 4.69) is 14.1 Å². The van der Waals surface area contributed by atoms with Crippen molar-refractivity contribution in [3.63, 3.8) is 0 Å². The Morgan fingerprint density at radius 3 is 2.85 bits per heavy atom. The largest absolute Gasteiger partial charge is 0.480 e. The molecule has 0 amide bonds. The predicted molar refractivity (Wildman–Crippen MR) is 75.3 cm³/mol. The van der Waals surface area contributed by atoms with Crippen LogP contribution in [0, 0.1) is 0 Å². The lowest BCUT2D eigenvalue weighted by atomic mass is 10.3. The number of ether oxygens (including phenoxy) is 1. The van der Waals surface area contributed by atoms with Gasteiger partial charge < -0.3 is 9.30 Å². The zero-order valence-electron chi connectivity index (χ0n) is 11.4. The highest BCUT2D eigenvalue weighted by Crippen LogP contribution is 2.24. The Kier molecular flexibility index (Phi) is 4.41. The Hall–Kier alpha value is -1.45. The molecular weight excluding hydrogens is 300 g/mol. The maximum absolute atomic E-state index is 12.2. The lowest BCUT2D eigenvalue weighted by molar-refractivity contribution is 0.402. The Labute approximate surface area is 121 Å². The highest BCUT2D eigenvalue weighted by Gasteiger charge is 2.22. The molecule has 2 aromatic heterocycles. The van der Waals surface area contributed by atoms with E-state index in [1.54, 1.807) is 17.6 Å². The van der Waals surface area contributed by atoms with E-state index in [0.717, 1.165) is 4.88 Å². The molecule has 1 unspecified atom stereocenters. The van der Waals surface area contributed by atoms with E-state index >= 15 is 0 Å². The van der Waals surface area contributed by atoms with Crippen molar-refractivity contribution in [2.75, 3.05) is 7.11 Å². The summed E-state index contributed by atoms with van der Waals surface area (Å²) >= 11 is 1.20. The van der Waals surface area contributed by atoms with Crippen molar-refractivity contribution in [3.8, 4) is 5.88 Å². The van der Waals surface area contributed by atoms with Gasteiger partial charge in [0.15, 0.2) is 5.03 Å². The molecule has 1 N–H and O–H groups in total. The zero-order valence-corrected chi connectivity index (χ0v) is 13.0. The molecule has 0 spiro atoms. The van der Waals surface area contributed by atoms with Crippen molar-refractivity contribution in [3.05, 3.63) is 23.5 Å². The number of nitrogens with one attached hydrogen (secondary N) is 1.